The monoisotopic (exact) mass is 346 g/mol. The Morgan fingerprint density at radius 1 is 1.33 bits per heavy atom. The van der Waals surface area contributed by atoms with Crippen LogP contribution in [0.5, 0.6) is 0 Å². The summed E-state index contributed by atoms with van der Waals surface area (Å²) in [5.41, 5.74) is 3.03. The van der Waals surface area contributed by atoms with E-state index in [-0.39, 0.29) is 5.78 Å². The minimum Gasteiger partial charge on any atom is -0.346 e. The molecule has 0 aliphatic heterocycles. The summed E-state index contributed by atoms with van der Waals surface area (Å²) in [4.78, 5) is 12.7. The molecular formula is C18H26N4OS. The number of nitrogens with zero attached hydrogens (tertiary/aromatic N) is 4. The molecule has 0 radical (unpaired) electrons. The highest BCUT2D eigenvalue weighted by atomic mass is 32.2. The van der Waals surface area contributed by atoms with E-state index in [1.807, 2.05) is 13.0 Å². The van der Waals surface area contributed by atoms with Crippen LogP contribution in [0.15, 0.2) is 11.2 Å². The lowest BCUT2D eigenvalue weighted by atomic mass is 10.2. The lowest BCUT2D eigenvalue weighted by molar-refractivity contribution is 0.102. The highest BCUT2D eigenvalue weighted by Gasteiger charge is 2.30. The second kappa shape index (κ2) is 6.75. The van der Waals surface area contributed by atoms with E-state index in [2.05, 4.69) is 47.0 Å². The fourth-order valence-corrected chi connectivity index (χ4v) is 4.30. The van der Waals surface area contributed by atoms with Crippen molar-refractivity contribution in [3.8, 4) is 0 Å². The van der Waals surface area contributed by atoms with Crippen LogP contribution in [0.25, 0.3) is 0 Å². The topological polar surface area (TPSA) is 52.7 Å². The largest absolute Gasteiger partial charge is 0.346 e. The molecule has 0 N–H and O–H groups in total. The first-order valence-corrected chi connectivity index (χ1v) is 9.70. The summed E-state index contributed by atoms with van der Waals surface area (Å²) >= 11 is 1.50. The lowest BCUT2D eigenvalue weighted by Crippen LogP contribution is -2.09. The smallest absolute Gasteiger partial charge is 0.191 e. The number of Topliss-reactive ketones (excluding diaryl/α,β-unsaturated/α-hetero) is 1. The number of thioether (sulfide) groups is 1. The van der Waals surface area contributed by atoms with Gasteiger partial charge in [-0.25, -0.2) is 0 Å². The van der Waals surface area contributed by atoms with Gasteiger partial charge in [0.15, 0.2) is 10.9 Å². The van der Waals surface area contributed by atoms with Gasteiger partial charge in [-0.1, -0.05) is 11.8 Å². The van der Waals surface area contributed by atoms with Crippen LogP contribution in [0.2, 0.25) is 0 Å². The first kappa shape index (κ1) is 17.3. The van der Waals surface area contributed by atoms with Gasteiger partial charge in [-0.05, 0) is 53.5 Å². The number of aromatic nitrogens is 4. The fourth-order valence-electron chi connectivity index (χ4n) is 3.41. The molecule has 6 heteroatoms. The zero-order valence-corrected chi connectivity index (χ0v) is 16.0. The van der Waals surface area contributed by atoms with Gasteiger partial charge in [0, 0.05) is 35.5 Å². The summed E-state index contributed by atoms with van der Waals surface area (Å²) in [6.07, 6.45) is 2.42. The molecule has 2 heterocycles. The van der Waals surface area contributed by atoms with Crippen molar-refractivity contribution < 1.29 is 4.79 Å². The molecule has 0 atom stereocenters. The highest BCUT2D eigenvalue weighted by Crippen LogP contribution is 2.40. The molecule has 0 bridgehead atoms. The predicted molar refractivity (Wildman–Crippen MR) is 97.0 cm³/mol. The van der Waals surface area contributed by atoms with Crippen LogP contribution in [0.3, 0.4) is 0 Å². The number of carbonyl (C=O) groups excluding carboxylic acids is 1. The maximum absolute atomic E-state index is 12.7. The van der Waals surface area contributed by atoms with E-state index in [0.29, 0.717) is 17.7 Å². The minimum atomic E-state index is 0.165. The lowest BCUT2D eigenvalue weighted by Gasteiger charge is -2.13. The Morgan fingerprint density at radius 2 is 2.04 bits per heavy atom. The van der Waals surface area contributed by atoms with Crippen molar-refractivity contribution in [2.45, 2.75) is 71.1 Å². The standard InChI is InChI=1S/C18H26N4OS/c1-6-21-17(14-7-8-14)19-20-18(21)24-10-16(23)15-9-12(4)22(11(2)3)13(15)5/h9,11,14H,6-8,10H2,1-5H3. The summed E-state index contributed by atoms with van der Waals surface area (Å²) in [5.74, 6) is 2.24. The van der Waals surface area contributed by atoms with Crippen LogP contribution >= 0.6 is 11.8 Å². The van der Waals surface area contributed by atoms with Crippen LogP contribution in [0.1, 0.15) is 73.1 Å². The number of hydrogen-bond acceptors (Lipinski definition) is 4. The van der Waals surface area contributed by atoms with Gasteiger partial charge in [0.2, 0.25) is 0 Å². The van der Waals surface area contributed by atoms with Crippen LogP contribution in [0.4, 0.5) is 0 Å². The Bertz CT molecular complexity index is 755. The van der Waals surface area contributed by atoms with Gasteiger partial charge in [0.1, 0.15) is 5.82 Å². The predicted octanol–water partition coefficient (Wildman–Crippen LogP) is 4.15. The number of aryl methyl sites for hydroxylation is 1. The van der Waals surface area contributed by atoms with Gasteiger partial charge in [-0.3, -0.25) is 4.79 Å². The molecule has 5 nitrogen and oxygen atoms in total. The third-order valence-corrected chi connectivity index (χ3v) is 5.60. The van der Waals surface area contributed by atoms with Crippen molar-refractivity contribution in [1.29, 1.82) is 0 Å². The van der Waals surface area contributed by atoms with Crippen molar-refractivity contribution in [2.75, 3.05) is 5.75 Å². The van der Waals surface area contributed by atoms with Gasteiger partial charge < -0.3 is 9.13 Å². The average Bonchev–Trinajstić information content (AvgIpc) is 3.22. The van der Waals surface area contributed by atoms with Gasteiger partial charge in [0.25, 0.3) is 0 Å². The summed E-state index contributed by atoms with van der Waals surface area (Å²) < 4.78 is 4.38. The maximum atomic E-state index is 12.7. The molecule has 24 heavy (non-hydrogen) atoms. The normalized spacial score (nSPS) is 14.6. The van der Waals surface area contributed by atoms with Crippen molar-refractivity contribution in [3.05, 3.63) is 28.8 Å². The zero-order chi connectivity index (χ0) is 17.4. The molecule has 1 fully saturated rings. The van der Waals surface area contributed by atoms with E-state index in [1.165, 1.54) is 24.6 Å². The van der Waals surface area contributed by atoms with E-state index in [0.717, 1.165) is 34.5 Å². The van der Waals surface area contributed by atoms with Gasteiger partial charge >= 0.3 is 0 Å². The molecule has 1 aliphatic carbocycles. The number of ketones is 1. The SMILES string of the molecule is CCn1c(SCC(=O)c2cc(C)n(C(C)C)c2C)nnc1C1CC1. The Hall–Kier alpha value is -1.56. The first-order valence-electron chi connectivity index (χ1n) is 8.71. The van der Waals surface area contributed by atoms with Crippen molar-refractivity contribution in [2.24, 2.45) is 0 Å². The molecule has 0 saturated heterocycles. The third-order valence-electron chi connectivity index (χ3n) is 4.64. The third kappa shape index (κ3) is 3.16. The number of rotatable bonds is 7. The summed E-state index contributed by atoms with van der Waals surface area (Å²) in [6, 6.07) is 2.38. The summed E-state index contributed by atoms with van der Waals surface area (Å²) in [5, 5.41) is 9.51. The molecule has 1 aliphatic rings. The fraction of sp³-hybridized carbons (Fsp3) is 0.611. The van der Waals surface area contributed by atoms with E-state index >= 15 is 0 Å². The van der Waals surface area contributed by atoms with Crippen LogP contribution in [-0.2, 0) is 6.54 Å². The molecule has 0 amide bonds. The van der Waals surface area contributed by atoms with E-state index in [1.54, 1.807) is 0 Å². The van der Waals surface area contributed by atoms with Gasteiger partial charge in [-0.2, -0.15) is 0 Å². The quantitative estimate of drug-likeness (QED) is 0.558. The summed E-state index contributed by atoms with van der Waals surface area (Å²) in [7, 11) is 0. The molecule has 1 saturated carbocycles. The first-order chi connectivity index (χ1) is 11.4. The Balaban J connectivity index is 1.73. The molecule has 130 valence electrons. The Kier molecular flexibility index (Phi) is 4.85. The van der Waals surface area contributed by atoms with Gasteiger partial charge in [0.05, 0.1) is 5.75 Å². The zero-order valence-electron chi connectivity index (χ0n) is 15.2. The summed E-state index contributed by atoms with van der Waals surface area (Å²) in [6.45, 7) is 11.4. The van der Waals surface area contributed by atoms with Crippen LogP contribution in [-0.4, -0.2) is 30.9 Å². The van der Waals surface area contributed by atoms with Crippen molar-refractivity contribution >= 4 is 17.5 Å². The number of carbonyl (C=O) groups is 1. The second-order valence-electron chi connectivity index (χ2n) is 6.82. The second-order valence-corrected chi connectivity index (χ2v) is 7.76. The molecular weight excluding hydrogens is 320 g/mol. The molecule has 0 unspecified atom stereocenters. The van der Waals surface area contributed by atoms with Crippen molar-refractivity contribution in [3.63, 3.8) is 0 Å². The number of hydrogen-bond donors (Lipinski definition) is 0. The van der Waals surface area contributed by atoms with Crippen molar-refractivity contribution in [1.82, 2.24) is 19.3 Å². The maximum Gasteiger partial charge on any atom is 0.191 e. The minimum absolute atomic E-state index is 0.165. The van der Waals surface area contributed by atoms with Crippen LogP contribution < -0.4 is 0 Å². The van der Waals surface area contributed by atoms with E-state index < -0.39 is 0 Å². The van der Waals surface area contributed by atoms with Gasteiger partial charge in [-0.15, -0.1) is 10.2 Å². The molecule has 3 rings (SSSR count). The molecule has 2 aromatic heterocycles. The molecule has 0 aromatic carbocycles. The van der Waals surface area contributed by atoms with E-state index in [9.17, 15) is 4.79 Å². The Morgan fingerprint density at radius 3 is 2.58 bits per heavy atom. The highest BCUT2D eigenvalue weighted by molar-refractivity contribution is 7.99. The average molecular weight is 347 g/mol. The molecule has 0 spiro atoms. The Labute approximate surface area is 147 Å². The van der Waals surface area contributed by atoms with Crippen LogP contribution in [0, 0.1) is 13.8 Å². The molecule has 2 aromatic rings. The van der Waals surface area contributed by atoms with E-state index in [4.69, 9.17) is 0 Å².